The first kappa shape index (κ1) is 11.2. The van der Waals surface area contributed by atoms with Crippen molar-refractivity contribution < 1.29 is 0 Å². The van der Waals surface area contributed by atoms with Crippen molar-refractivity contribution >= 4 is 15.9 Å². The van der Waals surface area contributed by atoms with Gasteiger partial charge in [0.25, 0.3) is 0 Å². The number of alkyl halides is 1. The number of hydrogen-bond acceptors (Lipinski definition) is 1. The molecule has 0 saturated carbocycles. The predicted octanol–water partition coefficient (Wildman–Crippen LogP) is 3.29. The third kappa shape index (κ3) is 3.05. The van der Waals surface area contributed by atoms with E-state index in [1.54, 1.807) is 0 Å². The molecule has 2 atom stereocenters. The second-order valence-corrected chi connectivity index (χ2v) is 5.68. The first-order valence-electron chi connectivity index (χ1n) is 5.66. The smallest absolute Gasteiger partial charge is 0.0233 e. The molecule has 2 rings (SSSR count). The van der Waals surface area contributed by atoms with Crippen molar-refractivity contribution in [2.24, 2.45) is 5.92 Å². The fourth-order valence-corrected chi connectivity index (χ4v) is 2.56. The van der Waals surface area contributed by atoms with Gasteiger partial charge in [0, 0.05) is 17.9 Å². The maximum atomic E-state index is 3.74. The summed E-state index contributed by atoms with van der Waals surface area (Å²) < 4.78 is 0. The van der Waals surface area contributed by atoms with Gasteiger partial charge in [0.2, 0.25) is 0 Å². The zero-order valence-corrected chi connectivity index (χ0v) is 10.8. The van der Waals surface area contributed by atoms with Crippen molar-refractivity contribution in [2.45, 2.75) is 24.7 Å². The van der Waals surface area contributed by atoms with E-state index in [4.69, 9.17) is 0 Å². The molecule has 2 unspecified atom stereocenters. The van der Waals surface area contributed by atoms with Crippen LogP contribution in [-0.2, 0) is 6.54 Å². The summed E-state index contributed by atoms with van der Waals surface area (Å²) in [6, 6.07) is 10.7. The second kappa shape index (κ2) is 5.13. The second-order valence-electron chi connectivity index (χ2n) is 4.50. The van der Waals surface area contributed by atoms with Crippen LogP contribution in [0, 0.1) is 5.92 Å². The number of halogens is 1. The SMILES string of the molecule is CC1CN(Cc2ccccc2)CCC1Br. The number of rotatable bonds is 2. The third-order valence-electron chi connectivity index (χ3n) is 3.13. The standard InChI is InChI=1S/C13H18BrN/c1-11-9-15(8-7-13(11)14)10-12-5-3-2-4-6-12/h2-6,11,13H,7-10H2,1H3. The average Bonchev–Trinajstić information content (AvgIpc) is 2.25. The summed E-state index contributed by atoms with van der Waals surface area (Å²) in [5, 5.41) is 0. The molecule has 15 heavy (non-hydrogen) atoms. The third-order valence-corrected chi connectivity index (χ3v) is 4.49. The molecular weight excluding hydrogens is 250 g/mol. The van der Waals surface area contributed by atoms with Gasteiger partial charge < -0.3 is 0 Å². The molecule has 82 valence electrons. The Morgan fingerprint density at radius 1 is 1.33 bits per heavy atom. The van der Waals surface area contributed by atoms with Gasteiger partial charge in [-0.25, -0.2) is 0 Å². The lowest BCUT2D eigenvalue weighted by Gasteiger charge is -2.34. The first-order chi connectivity index (χ1) is 7.25. The highest BCUT2D eigenvalue weighted by atomic mass is 79.9. The maximum absolute atomic E-state index is 3.74. The molecule has 0 aliphatic carbocycles. The van der Waals surface area contributed by atoms with Crippen LogP contribution in [0.2, 0.25) is 0 Å². The van der Waals surface area contributed by atoms with Gasteiger partial charge in [0.05, 0.1) is 0 Å². The fourth-order valence-electron chi connectivity index (χ4n) is 2.19. The van der Waals surface area contributed by atoms with Crippen LogP contribution in [0.15, 0.2) is 30.3 Å². The van der Waals surface area contributed by atoms with Crippen LogP contribution in [0.4, 0.5) is 0 Å². The molecule has 1 heterocycles. The van der Waals surface area contributed by atoms with Crippen molar-refractivity contribution in [2.75, 3.05) is 13.1 Å². The Bertz CT molecular complexity index is 299. The molecule has 1 aromatic rings. The lowest BCUT2D eigenvalue weighted by atomic mass is 9.99. The van der Waals surface area contributed by atoms with E-state index in [9.17, 15) is 0 Å². The van der Waals surface area contributed by atoms with E-state index >= 15 is 0 Å². The van der Waals surface area contributed by atoms with Gasteiger partial charge in [-0.2, -0.15) is 0 Å². The van der Waals surface area contributed by atoms with Gasteiger partial charge >= 0.3 is 0 Å². The minimum Gasteiger partial charge on any atom is -0.299 e. The summed E-state index contributed by atoms with van der Waals surface area (Å²) >= 11 is 3.74. The van der Waals surface area contributed by atoms with E-state index in [2.05, 4.69) is 58.1 Å². The topological polar surface area (TPSA) is 3.24 Å². The van der Waals surface area contributed by atoms with Crippen LogP contribution >= 0.6 is 15.9 Å². The molecule has 0 N–H and O–H groups in total. The van der Waals surface area contributed by atoms with Crippen LogP contribution in [-0.4, -0.2) is 22.8 Å². The van der Waals surface area contributed by atoms with Crippen LogP contribution in [0.25, 0.3) is 0 Å². The molecular formula is C13H18BrN. The van der Waals surface area contributed by atoms with Gasteiger partial charge in [-0.05, 0) is 24.4 Å². The lowest BCUT2D eigenvalue weighted by molar-refractivity contribution is 0.183. The normalized spacial score (nSPS) is 27.9. The fraction of sp³-hybridized carbons (Fsp3) is 0.538. The number of hydrogen-bond donors (Lipinski definition) is 0. The minimum atomic E-state index is 0.713. The Morgan fingerprint density at radius 2 is 2.07 bits per heavy atom. The number of likely N-dealkylation sites (tertiary alicyclic amines) is 1. The first-order valence-corrected chi connectivity index (χ1v) is 6.57. The van der Waals surface area contributed by atoms with Crippen LogP contribution in [0.5, 0.6) is 0 Å². The Hall–Kier alpha value is -0.340. The largest absolute Gasteiger partial charge is 0.299 e. The Kier molecular flexibility index (Phi) is 3.81. The highest BCUT2D eigenvalue weighted by molar-refractivity contribution is 9.09. The van der Waals surface area contributed by atoms with Gasteiger partial charge in [0.15, 0.2) is 0 Å². The molecule has 1 nitrogen and oxygen atoms in total. The minimum absolute atomic E-state index is 0.713. The quantitative estimate of drug-likeness (QED) is 0.744. The van der Waals surface area contributed by atoms with Crippen LogP contribution in [0.1, 0.15) is 18.9 Å². The van der Waals surface area contributed by atoms with Gasteiger partial charge in [-0.15, -0.1) is 0 Å². The van der Waals surface area contributed by atoms with E-state index in [0.29, 0.717) is 4.83 Å². The molecule has 1 aliphatic heterocycles. The van der Waals surface area contributed by atoms with Crippen molar-refractivity contribution in [3.63, 3.8) is 0 Å². The highest BCUT2D eigenvalue weighted by Crippen LogP contribution is 2.24. The van der Waals surface area contributed by atoms with E-state index in [-0.39, 0.29) is 0 Å². The van der Waals surface area contributed by atoms with Crippen molar-refractivity contribution in [3.8, 4) is 0 Å². The number of piperidine rings is 1. The average molecular weight is 268 g/mol. The van der Waals surface area contributed by atoms with Gasteiger partial charge in [-0.1, -0.05) is 53.2 Å². The monoisotopic (exact) mass is 267 g/mol. The van der Waals surface area contributed by atoms with E-state index in [0.717, 1.165) is 12.5 Å². The number of nitrogens with zero attached hydrogens (tertiary/aromatic N) is 1. The van der Waals surface area contributed by atoms with Gasteiger partial charge in [-0.3, -0.25) is 4.90 Å². The molecule has 0 aromatic heterocycles. The molecule has 0 radical (unpaired) electrons. The summed E-state index contributed by atoms with van der Waals surface area (Å²) in [6.07, 6.45) is 1.27. The molecule has 0 bridgehead atoms. The summed E-state index contributed by atoms with van der Waals surface area (Å²) in [5.41, 5.74) is 1.43. The van der Waals surface area contributed by atoms with E-state index < -0.39 is 0 Å². The van der Waals surface area contributed by atoms with Crippen molar-refractivity contribution in [3.05, 3.63) is 35.9 Å². The Labute approximate surface area is 101 Å². The van der Waals surface area contributed by atoms with Crippen LogP contribution in [0.3, 0.4) is 0 Å². The van der Waals surface area contributed by atoms with E-state index in [1.165, 1.54) is 25.1 Å². The Balaban J connectivity index is 1.91. The molecule has 1 aliphatic rings. The molecule has 0 amide bonds. The maximum Gasteiger partial charge on any atom is 0.0233 e. The molecule has 0 spiro atoms. The zero-order valence-electron chi connectivity index (χ0n) is 9.20. The number of benzene rings is 1. The summed E-state index contributed by atoms with van der Waals surface area (Å²) in [6.45, 7) is 5.86. The summed E-state index contributed by atoms with van der Waals surface area (Å²) in [5.74, 6) is 0.766. The molecule has 1 saturated heterocycles. The summed E-state index contributed by atoms with van der Waals surface area (Å²) in [4.78, 5) is 3.27. The zero-order chi connectivity index (χ0) is 10.7. The van der Waals surface area contributed by atoms with E-state index in [1.807, 2.05) is 0 Å². The van der Waals surface area contributed by atoms with Crippen molar-refractivity contribution in [1.82, 2.24) is 4.90 Å². The van der Waals surface area contributed by atoms with Gasteiger partial charge in [0.1, 0.15) is 0 Å². The predicted molar refractivity (Wildman–Crippen MR) is 68.2 cm³/mol. The van der Waals surface area contributed by atoms with Crippen LogP contribution < -0.4 is 0 Å². The molecule has 2 heteroatoms. The summed E-state index contributed by atoms with van der Waals surface area (Å²) in [7, 11) is 0. The Morgan fingerprint density at radius 3 is 2.73 bits per heavy atom. The molecule has 1 fully saturated rings. The lowest BCUT2D eigenvalue weighted by Crippen LogP contribution is -2.39. The van der Waals surface area contributed by atoms with Crippen molar-refractivity contribution in [1.29, 1.82) is 0 Å². The highest BCUT2D eigenvalue weighted by Gasteiger charge is 2.23. The molecule has 1 aromatic carbocycles.